The van der Waals surface area contributed by atoms with E-state index in [-0.39, 0.29) is 5.91 Å². The molecule has 1 amide bonds. The Balaban J connectivity index is 1.88. The molecule has 20 heavy (non-hydrogen) atoms. The fourth-order valence-corrected chi connectivity index (χ4v) is 2.14. The van der Waals surface area contributed by atoms with Crippen LogP contribution in [0.25, 0.3) is 10.9 Å². The summed E-state index contributed by atoms with van der Waals surface area (Å²) in [5.74, 6) is -0.122. The largest absolute Gasteiger partial charge is 0.322 e. The van der Waals surface area contributed by atoms with Crippen LogP contribution in [0.3, 0.4) is 0 Å². The van der Waals surface area contributed by atoms with Crippen LogP contribution in [0.5, 0.6) is 0 Å². The lowest BCUT2D eigenvalue weighted by Gasteiger charge is -2.08. The van der Waals surface area contributed by atoms with E-state index >= 15 is 0 Å². The Labute approximate surface area is 116 Å². The molecule has 2 N–H and O–H groups in total. The number of rotatable bonds is 3. The number of aryl methyl sites for hydroxylation is 1. The van der Waals surface area contributed by atoms with Gasteiger partial charge in [0, 0.05) is 29.0 Å². The summed E-state index contributed by atoms with van der Waals surface area (Å²) in [6.45, 7) is 2.00. The summed E-state index contributed by atoms with van der Waals surface area (Å²) >= 11 is 0. The zero-order valence-electron chi connectivity index (χ0n) is 11.1. The summed E-state index contributed by atoms with van der Waals surface area (Å²) in [4.78, 5) is 16.3. The summed E-state index contributed by atoms with van der Waals surface area (Å²) in [5, 5.41) is 10.8. The van der Waals surface area contributed by atoms with E-state index in [1.54, 1.807) is 24.7 Å². The van der Waals surface area contributed by atoms with E-state index in [0.29, 0.717) is 5.56 Å². The van der Waals surface area contributed by atoms with Crippen molar-refractivity contribution in [1.82, 2.24) is 15.2 Å². The van der Waals surface area contributed by atoms with Gasteiger partial charge in [0.1, 0.15) is 0 Å². The molecule has 0 bridgehead atoms. The molecule has 0 aliphatic rings. The lowest BCUT2D eigenvalue weighted by Crippen LogP contribution is -2.14. The maximum Gasteiger partial charge on any atom is 0.256 e. The van der Waals surface area contributed by atoms with Crippen molar-refractivity contribution in [3.05, 3.63) is 54.0 Å². The Morgan fingerprint density at radius 1 is 1.30 bits per heavy atom. The third-order valence-electron chi connectivity index (χ3n) is 3.23. The van der Waals surface area contributed by atoms with Crippen LogP contribution in [0.2, 0.25) is 0 Å². The van der Waals surface area contributed by atoms with Gasteiger partial charge in [0.25, 0.3) is 5.91 Å². The lowest BCUT2D eigenvalue weighted by atomic mass is 10.1. The van der Waals surface area contributed by atoms with Gasteiger partial charge in [0.05, 0.1) is 11.7 Å². The number of amides is 1. The van der Waals surface area contributed by atoms with E-state index in [0.717, 1.165) is 28.6 Å². The van der Waals surface area contributed by atoms with Crippen molar-refractivity contribution in [1.29, 1.82) is 0 Å². The summed E-state index contributed by atoms with van der Waals surface area (Å²) in [6, 6.07) is 7.39. The number of pyridine rings is 1. The molecule has 0 unspecified atom stereocenters. The van der Waals surface area contributed by atoms with Crippen molar-refractivity contribution in [3.8, 4) is 0 Å². The van der Waals surface area contributed by atoms with Crippen LogP contribution in [0.15, 0.2) is 42.9 Å². The number of carbonyl (C=O) groups is 1. The van der Waals surface area contributed by atoms with E-state index < -0.39 is 0 Å². The summed E-state index contributed by atoms with van der Waals surface area (Å²) in [6.07, 6.45) is 5.88. The van der Waals surface area contributed by atoms with Crippen molar-refractivity contribution in [2.24, 2.45) is 0 Å². The van der Waals surface area contributed by atoms with Gasteiger partial charge in [-0.05, 0) is 36.2 Å². The van der Waals surface area contributed by atoms with Gasteiger partial charge < -0.3 is 5.32 Å². The molecule has 3 rings (SSSR count). The molecule has 0 saturated heterocycles. The highest BCUT2D eigenvalue weighted by Gasteiger charge is 2.10. The van der Waals surface area contributed by atoms with Crippen LogP contribution in [0.1, 0.15) is 22.8 Å². The first-order chi connectivity index (χ1) is 9.78. The van der Waals surface area contributed by atoms with E-state index in [1.165, 1.54) is 0 Å². The fraction of sp³-hybridized carbons (Fsp3) is 0.133. The SMILES string of the molecule is CCc1cnccc1C(=O)Nc1ccc2cn[nH]c2c1. The molecular formula is C15H14N4O. The monoisotopic (exact) mass is 266 g/mol. The number of benzene rings is 1. The van der Waals surface area contributed by atoms with Gasteiger partial charge in [-0.15, -0.1) is 0 Å². The number of aromatic amines is 1. The number of aromatic nitrogens is 3. The molecule has 0 saturated carbocycles. The van der Waals surface area contributed by atoms with Gasteiger partial charge in [-0.3, -0.25) is 14.9 Å². The van der Waals surface area contributed by atoms with Crippen LogP contribution in [-0.2, 0) is 6.42 Å². The molecule has 0 spiro atoms. The van der Waals surface area contributed by atoms with Gasteiger partial charge in [0.15, 0.2) is 0 Å². The van der Waals surface area contributed by atoms with Crippen molar-refractivity contribution in [2.75, 3.05) is 5.32 Å². The number of nitrogens with one attached hydrogen (secondary N) is 2. The predicted octanol–water partition coefficient (Wildman–Crippen LogP) is 2.77. The average molecular weight is 266 g/mol. The average Bonchev–Trinajstić information content (AvgIpc) is 2.94. The highest BCUT2D eigenvalue weighted by Crippen LogP contribution is 2.18. The number of H-pyrrole nitrogens is 1. The Morgan fingerprint density at radius 2 is 2.20 bits per heavy atom. The Morgan fingerprint density at radius 3 is 3.05 bits per heavy atom. The van der Waals surface area contributed by atoms with Crippen molar-refractivity contribution < 1.29 is 4.79 Å². The number of nitrogens with zero attached hydrogens (tertiary/aromatic N) is 2. The smallest absolute Gasteiger partial charge is 0.256 e. The minimum atomic E-state index is -0.122. The molecule has 5 nitrogen and oxygen atoms in total. The summed E-state index contributed by atoms with van der Waals surface area (Å²) in [7, 11) is 0. The third kappa shape index (κ3) is 2.25. The first-order valence-corrected chi connectivity index (χ1v) is 6.45. The highest BCUT2D eigenvalue weighted by atomic mass is 16.1. The van der Waals surface area contributed by atoms with Crippen molar-refractivity contribution in [2.45, 2.75) is 13.3 Å². The van der Waals surface area contributed by atoms with Crippen LogP contribution in [0, 0.1) is 0 Å². The maximum atomic E-state index is 12.3. The van der Waals surface area contributed by atoms with E-state index in [4.69, 9.17) is 0 Å². The molecule has 1 aromatic carbocycles. The quantitative estimate of drug-likeness (QED) is 0.765. The van der Waals surface area contributed by atoms with Crippen LogP contribution >= 0.6 is 0 Å². The van der Waals surface area contributed by atoms with Gasteiger partial charge in [-0.1, -0.05) is 6.92 Å². The third-order valence-corrected chi connectivity index (χ3v) is 3.23. The van der Waals surface area contributed by atoms with Gasteiger partial charge >= 0.3 is 0 Å². The number of hydrogen-bond acceptors (Lipinski definition) is 3. The van der Waals surface area contributed by atoms with Gasteiger partial charge in [0.2, 0.25) is 0 Å². The normalized spacial score (nSPS) is 10.7. The molecule has 3 aromatic rings. The van der Waals surface area contributed by atoms with Crippen LogP contribution in [-0.4, -0.2) is 21.1 Å². The number of hydrogen-bond donors (Lipinski definition) is 2. The standard InChI is InChI=1S/C15H14N4O/c1-2-10-8-16-6-5-13(10)15(20)18-12-4-3-11-9-17-19-14(11)7-12/h3-9H,2H2,1H3,(H,17,19)(H,18,20). The molecule has 0 aliphatic heterocycles. The van der Waals surface area contributed by atoms with E-state index in [2.05, 4.69) is 20.5 Å². The molecule has 0 aliphatic carbocycles. The molecule has 0 atom stereocenters. The predicted molar refractivity (Wildman–Crippen MR) is 77.7 cm³/mol. The summed E-state index contributed by atoms with van der Waals surface area (Å²) in [5.41, 5.74) is 3.23. The Hall–Kier alpha value is -2.69. The zero-order valence-corrected chi connectivity index (χ0v) is 11.1. The van der Waals surface area contributed by atoms with E-state index in [1.807, 2.05) is 25.1 Å². The minimum Gasteiger partial charge on any atom is -0.322 e. The molecule has 2 aromatic heterocycles. The number of fused-ring (bicyclic) bond motifs is 1. The minimum absolute atomic E-state index is 0.122. The van der Waals surface area contributed by atoms with Gasteiger partial charge in [-0.2, -0.15) is 5.10 Å². The Bertz CT molecular complexity index is 763. The zero-order chi connectivity index (χ0) is 13.9. The maximum absolute atomic E-state index is 12.3. The molecule has 0 fully saturated rings. The van der Waals surface area contributed by atoms with Gasteiger partial charge in [-0.25, -0.2) is 0 Å². The lowest BCUT2D eigenvalue weighted by molar-refractivity contribution is 0.102. The summed E-state index contributed by atoms with van der Waals surface area (Å²) < 4.78 is 0. The molecule has 5 heteroatoms. The van der Waals surface area contributed by atoms with Crippen molar-refractivity contribution in [3.63, 3.8) is 0 Å². The molecular weight excluding hydrogens is 252 g/mol. The molecule has 2 heterocycles. The first-order valence-electron chi connectivity index (χ1n) is 6.45. The number of carbonyl (C=O) groups excluding carboxylic acids is 1. The second kappa shape index (κ2) is 5.13. The van der Waals surface area contributed by atoms with Crippen molar-refractivity contribution >= 4 is 22.5 Å². The topological polar surface area (TPSA) is 70.7 Å². The second-order valence-electron chi connectivity index (χ2n) is 4.51. The second-order valence-corrected chi connectivity index (χ2v) is 4.51. The molecule has 0 radical (unpaired) electrons. The Kier molecular flexibility index (Phi) is 3.16. The molecule has 100 valence electrons. The fourth-order valence-electron chi connectivity index (χ4n) is 2.14. The highest BCUT2D eigenvalue weighted by molar-refractivity contribution is 6.05. The van der Waals surface area contributed by atoms with E-state index in [9.17, 15) is 4.79 Å². The first kappa shape index (κ1) is 12.3. The number of anilines is 1. The van der Waals surface area contributed by atoms with Crippen LogP contribution in [0.4, 0.5) is 5.69 Å². The van der Waals surface area contributed by atoms with Crippen LogP contribution < -0.4 is 5.32 Å².